The SMILES string of the molecule is O=C(Cc1ccc(F)cc1F)c1ccc2ccccc2n1. The zero-order valence-electron chi connectivity index (χ0n) is 11.0. The number of rotatable bonds is 3. The minimum absolute atomic E-state index is 0.141. The van der Waals surface area contributed by atoms with Gasteiger partial charge in [0.2, 0.25) is 0 Å². The van der Waals surface area contributed by atoms with Crippen LogP contribution in [0, 0.1) is 11.6 Å². The fourth-order valence-corrected chi connectivity index (χ4v) is 2.15. The van der Waals surface area contributed by atoms with Crippen LogP contribution >= 0.6 is 0 Å². The van der Waals surface area contributed by atoms with Gasteiger partial charge >= 0.3 is 0 Å². The molecule has 2 nitrogen and oxygen atoms in total. The first-order valence-electron chi connectivity index (χ1n) is 6.46. The lowest BCUT2D eigenvalue weighted by Gasteiger charge is -2.04. The first-order chi connectivity index (χ1) is 10.1. The second-order valence-electron chi connectivity index (χ2n) is 4.72. The molecule has 0 bridgehead atoms. The summed E-state index contributed by atoms with van der Waals surface area (Å²) >= 11 is 0. The van der Waals surface area contributed by atoms with Gasteiger partial charge < -0.3 is 0 Å². The molecule has 0 atom stereocenters. The summed E-state index contributed by atoms with van der Waals surface area (Å²) in [6.45, 7) is 0. The van der Waals surface area contributed by atoms with Gasteiger partial charge in [-0.15, -0.1) is 0 Å². The number of aromatic nitrogens is 1. The number of carbonyl (C=O) groups excluding carboxylic acids is 1. The van der Waals surface area contributed by atoms with Gasteiger partial charge in [0.05, 0.1) is 5.52 Å². The van der Waals surface area contributed by atoms with E-state index in [9.17, 15) is 13.6 Å². The molecule has 0 spiro atoms. The Labute approximate surface area is 120 Å². The predicted octanol–water partition coefficient (Wildman–Crippen LogP) is 3.94. The Bertz CT molecular complexity index is 830. The van der Waals surface area contributed by atoms with Crippen molar-refractivity contribution in [3.05, 3.63) is 77.5 Å². The van der Waals surface area contributed by atoms with E-state index in [4.69, 9.17) is 0 Å². The molecule has 0 aliphatic rings. The van der Waals surface area contributed by atoms with Gasteiger partial charge in [0.1, 0.15) is 17.3 Å². The summed E-state index contributed by atoms with van der Waals surface area (Å²) in [7, 11) is 0. The van der Waals surface area contributed by atoms with Crippen molar-refractivity contribution >= 4 is 16.7 Å². The molecule has 104 valence electrons. The number of benzene rings is 2. The molecule has 0 N–H and O–H groups in total. The van der Waals surface area contributed by atoms with Crippen molar-refractivity contribution in [2.75, 3.05) is 0 Å². The standard InChI is InChI=1S/C17H11F2NO/c18-13-7-5-12(14(19)10-13)9-17(21)16-8-6-11-3-1-2-4-15(11)20-16/h1-8,10H,9H2. The minimum Gasteiger partial charge on any atom is -0.292 e. The van der Waals surface area contributed by atoms with Crippen molar-refractivity contribution in [2.24, 2.45) is 0 Å². The third-order valence-corrected chi connectivity index (χ3v) is 3.25. The van der Waals surface area contributed by atoms with Gasteiger partial charge in [-0.3, -0.25) is 4.79 Å². The molecule has 21 heavy (non-hydrogen) atoms. The molecule has 0 aliphatic carbocycles. The molecule has 4 heteroatoms. The summed E-state index contributed by atoms with van der Waals surface area (Å²) in [4.78, 5) is 16.4. The van der Waals surface area contributed by atoms with E-state index in [0.717, 1.165) is 17.5 Å². The summed E-state index contributed by atoms with van der Waals surface area (Å²) < 4.78 is 26.4. The Hall–Kier alpha value is -2.62. The van der Waals surface area contributed by atoms with Gasteiger partial charge in [0, 0.05) is 17.9 Å². The molecule has 0 saturated heterocycles. The van der Waals surface area contributed by atoms with Crippen LogP contribution in [0.1, 0.15) is 16.1 Å². The molecule has 1 aromatic heterocycles. The fourth-order valence-electron chi connectivity index (χ4n) is 2.15. The van der Waals surface area contributed by atoms with Crippen molar-refractivity contribution in [1.29, 1.82) is 0 Å². The number of ketones is 1. The average Bonchev–Trinajstić information content (AvgIpc) is 2.49. The van der Waals surface area contributed by atoms with E-state index in [1.54, 1.807) is 12.1 Å². The van der Waals surface area contributed by atoms with Crippen LogP contribution in [0.3, 0.4) is 0 Å². The first kappa shape index (κ1) is 13.4. The van der Waals surface area contributed by atoms with Gasteiger partial charge in [-0.05, 0) is 23.8 Å². The van der Waals surface area contributed by atoms with Crippen molar-refractivity contribution < 1.29 is 13.6 Å². The summed E-state index contributed by atoms with van der Waals surface area (Å²) in [5.74, 6) is -1.68. The van der Waals surface area contributed by atoms with Crippen LogP contribution < -0.4 is 0 Å². The quantitative estimate of drug-likeness (QED) is 0.681. The second kappa shape index (κ2) is 5.40. The number of para-hydroxylation sites is 1. The van der Waals surface area contributed by atoms with Crippen LogP contribution in [0.4, 0.5) is 8.78 Å². The maximum atomic E-state index is 13.6. The molecular weight excluding hydrogens is 272 g/mol. The van der Waals surface area contributed by atoms with Crippen molar-refractivity contribution in [2.45, 2.75) is 6.42 Å². The Morgan fingerprint density at radius 2 is 1.81 bits per heavy atom. The number of hydrogen-bond acceptors (Lipinski definition) is 2. The van der Waals surface area contributed by atoms with E-state index in [1.165, 1.54) is 6.07 Å². The lowest BCUT2D eigenvalue weighted by atomic mass is 10.1. The van der Waals surface area contributed by atoms with E-state index >= 15 is 0 Å². The average molecular weight is 283 g/mol. The molecule has 0 radical (unpaired) electrons. The molecule has 1 heterocycles. The minimum atomic E-state index is -0.718. The Kier molecular flexibility index (Phi) is 3.44. The van der Waals surface area contributed by atoms with E-state index in [2.05, 4.69) is 4.98 Å². The Morgan fingerprint density at radius 3 is 2.62 bits per heavy atom. The second-order valence-corrected chi connectivity index (χ2v) is 4.72. The number of hydrogen-bond donors (Lipinski definition) is 0. The lowest BCUT2D eigenvalue weighted by Crippen LogP contribution is -2.07. The maximum absolute atomic E-state index is 13.6. The van der Waals surface area contributed by atoms with E-state index in [1.807, 2.05) is 24.3 Å². The number of nitrogens with zero attached hydrogens (tertiary/aromatic N) is 1. The van der Waals surface area contributed by atoms with Gasteiger partial charge in [-0.2, -0.15) is 0 Å². The third kappa shape index (κ3) is 2.79. The van der Waals surface area contributed by atoms with Gasteiger partial charge in [-0.1, -0.05) is 30.3 Å². The monoisotopic (exact) mass is 283 g/mol. The molecule has 0 fully saturated rings. The fraction of sp³-hybridized carbons (Fsp3) is 0.0588. The smallest absolute Gasteiger partial charge is 0.185 e. The largest absolute Gasteiger partial charge is 0.292 e. The maximum Gasteiger partial charge on any atom is 0.185 e. The summed E-state index contributed by atoms with van der Waals surface area (Å²) in [5.41, 5.74) is 1.15. The molecular formula is C17H11F2NO. The summed E-state index contributed by atoms with van der Waals surface area (Å²) in [6.07, 6.45) is -0.141. The van der Waals surface area contributed by atoms with Crippen LogP contribution in [0.2, 0.25) is 0 Å². The highest BCUT2D eigenvalue weighted by Gasteiger charge is 2.12. The first-order valence-corrected chi connectivity index (χ1v) is 6.46. The van der Waals surface area contributed by atoms with Crippen LogP contribution in [-0.4, -0.2) is 10.8 Å². The van der Waals surface area contributed by atoms with Crippen molar-refractivity contribution in [3.8, 4) is 0 Å². The van der Waals surface area contributed by atoms with Crippen LogP contribution in [0.25, 0.3) is 10.9 Å². The normalized spacial score (nSPS) is 10.8. The topological polar surface area (TPSA) is 30.0 Å². The van der Waals surface area contributed by atoms with Gasteiger partial charge in [0.15, 0.2) is 5.78 Å². The van der Waals surface area contributed by atoms with Crippen LogP contribution in [0.5, 0.6) is 0 Å². The lowest BCUT2D eigenvalue weighted by molar-refractivity contribution is 0.0987. The molecule has 0 aliphatic heterocycles. The van der Waals surface area contributed by atoms with E-state index < -0.39 is 11.6 Å². The molecule has 3 aromatic rings. The number of fused-ring (bicyclic) bond motifs is 1. The molecule has 0 saturated carbocycles. The Morgan fingerprint density at radius 1 is 1.00 bits per heavy atom. The van der Waals surface area contributed by atoms with Gasteiger partial charge in [-0.25, -0.2) is 13.8 Å². The van der Waals surface area contributed by atoms with E-state index in [-0.39, 0.29) is 23.5 Å². The van der Waals surface area contributed by atoms with E-state index in [0.29, 0.717) is 5.52 Å². The van der Waals surface area contributed by atoms with Gasteiger partial charge in [0.25, 0.3) is 0 Å². The number of halogens is 2. The number of Topliss-reactive ketones (excluding diaryl/α,β-unsaturated/α-hetero) is 1. The zero-order valence-corrected chi connectivity index (χ0v) is 11.0. The zero-order chi connectivity index (χ0) is 14.8. The number of carbonyl (C=O) groups is 1. The predicted molar refractivity (Wildman–Crippen MR) is 76.1 cm³/mol. The molecule has 2 aromatic carbocycles. The molecule has 3 rings (SSSR count). The van der Waals surface area contributed by atoms with Crippen LogP contribution in [-0.2, 0) is 6.42 Å². The summed E-state index contributed by atoms with van der Waals surface area (Å²) in [5, 5.41) is 0.932. The highest BCUT2D eigenvalue weighted by atomic mass is 19.1. The van der Waals surface area contributed by atoms with Crippen molar-refractivity contribution in [3.63, 3.8) is 0 Å². The van der Waals surface area contributed by atoms with Crippen molar-refractivity contribution in [1.82, 2.24) is 4.98 Å². The Balaban J connectivity index is 1.89. The third-order valence-electron chi connectivity index (χ3n) is 3.25. The van der Waals surface area contributed by atoms with Crippen LogP contribution in [0.15, 0.2) is 54.6 Å². The highest BCUT2D eigenvalue weighted by Crippen LogP contribution is 2.15. The summed E-state index contributed by atoms with van der Waals surface area (Å²) in [6, 6.07) is 14.0. The number of pyridine rings is 1. The molecule has 0 unspecified atom stereocenters. The highest BCUT2D eigenvalue weighted by molar-refractivity contribution is 5.97. The molecule has 0 amide bonds.